The summed E-state index contributed by atoms with van der Waals surface area (Å²) in [7, 11) is 0. The predicted molar refractivity (Wildman–Crippen MR) is 123 cm³/mol. The van der Waals surface area contributed by atoms with Crippen molar-refractivity contribution in [2.45, 2.75) is 38.6 Å². The van der Waals surface area contributed by atoms with Gasteiger partial charge in [-0.1, -0.05) is 12.1 Å². The molecule has 160 valence electrons. The van der Waals surface area contributed by atoms with Crippen LogP contribution in [0.15, 0.2) is 29.3 Å². The van der Waals surface area contributed by atoms with Gasteiger partial charge in [0.1, 0.15) is 11.3 Å². The van der Waals surface area contributed by atoms with Crippen LogP contribution in [0.2, 0.25) is 0 Å². The minimum Gasteiger partial charge on any atom is -0.508 e. The number of aromatic hydroxyl groups is 1. The van der Waals surface area contributed by atoms with Crippen molar-refractivity contribution >= 4 is 41.9 Å². The van der Waals surface area contributed by atoms with Crippen LogP contribution in [0.5, 0.6) is 5.75 Å². The zero-order valence-corrected chi connectivity index (χ0v) is 19.2. The second kappa shape index (κ2) is 10.1. The van der Waals surface area contributed by atoms with E-state index in [1.165, 1.54) is 0 Å². The van der Waals surface area contributed by atoms with Crippen LogP contribution in [-0.2, 0) is 11.2 Å². The summed E-state index contributed by atoms with van der Waals surface area (Å²) in [5.41, 5.74) is 0.225. The van der Waals surface area contributed by atoms with Gasteiger partial charge in [-0.3, -0.25) is 15.1 Å². The molecule has 0 aliphatic carbocycles. The molecule has 1 atom stereocenters. The summed E-state index contributed by atoms with van der Waals surface area (Å²) >= 11 is 0. The van der Waals surface area contributed by atoms with Crippen LogP contribution in [0.3, 0.4) is 0 Å². The van der Waals surface area contributed by atoms with Gasteiger partial charge >= 0.3 is 6.03 Å². The number of piperidine rings is 1. The Bertz CT molecular complexity index is 764. The number of hydrogen-bond donors (Lipinski definition) is 4. The fourth-order valence-corrected chi connectivity index (χ4v) is 3.94. The Morgan fingerprint density at radius 2 is 2.07 bits per heavy atom. The number of carbonyl (C=O) groups is 2. The number of phenolic OH excluding ortho intramolecular Hbond substituents is 1. The molecule has 1 unspecified atom stereocenters. The molecule has 8 nitrogen and oxygen atoms in total. The van der Waals surface area contributed by atoms with Gasteiger partial charge in [-0.15, -0.1) is 24.0 Å². The van der Waals surface area contributed by atoms with Gasteiger partial charge in [0, 0.05) is 26.2 Å². The molecule has 0 radical (unpaired) electrons. The maximum absolute atomic E-state index is 12.2. The van der Waals surface area contributed by atoms with Crippen LogP contribution in [-0.4, -0.2) is 59.6 Å². The Morgan fingerprint density at radius 3 is 2.66 bits per heavy atom. The van der Waals surface area contributed by atoms with Crippen molar-refractivity contribution in [1.29, 1.82) is 0 Å². The van der Waals surface area contributed by atoms with Gasteiger partial charge in [0.2, 0.25) is 0 Å². The molecule has 1 aromatic carbocycles. The number of carbonyl (C=O) groups excluding carboxylic acids is 2. The van der Waals surface area contributed by atoms with Gasteiger partial charge in [-0.05, 0) is 56.7 Å². The Hall–Kier alpha value is -2.04. The van der Waals surface area contributed by atoms with Crippen LogP contribution in [0.25, 0.3) is 0 Å². The molecule has 0 spiro atoms. The lowest BCUT2D eigenvalue weighted by Gasteiger charge is -2.39. The van der Waals surface area contributed by atoms with Gasteiger partial charge in [-0.25, -0.2) is 4.79 Å². The van der Waals surface area contributed by atoms with Crippen LogP contribution in [0.1, 0.15) is 32.3 Å². The summed E-state index contributed by atoms with van der Waals surface area (Å²) in [6, 6.07) is 6.83. The Balaban J connectivity index is 0.00000300. The van der Waals surface area contributed by atoms with Gasteiger partial charge in [-0.2, -0.15) is 0 Å². The van der Waals surface area contributed by atoms with Crippen molar-refractivity contribution in [2.75, 3.05) is 26.2 Å². The number of guanidine groups is 1. The molecule has 3 rings (SSSR count). The molecule has 1 aromatic rings. The molecule has 2 saturated heterocycles. The first-order chi connectivity index (χ1) is 13.4. The summed E-state index contributed by atoms with van der Waals surface area (Å²) < 4.78 is 0. The first kappa shape index (κ1) is 23.2. The standard InChI is InChI=1S/C20H29N5O3.HI/c1-3-21-18(22-10-7-14-5-4-6-16(26)13-14)25-11-8-15(9-12-25)20(2)17(27)23-19(28)24-20;/h4-6,13,15,26H,3,7-12H2,1-2H3,(H,21,22)(H2,23,24,27,28);1H. The van der Waals surface area contributed by atoms with E-state index in [-0.39, 0.29) is 41.6 Å². The topological polar surface area (TPSA) is 106 Å². The molecule has 2 aliphatic rings. The fraction of sp³-hybridized carbons (Fsp3) is 0.550. The quantitative estimate of drug-likeness (QED) is 0.207. The molecule has 0 bridgehead atoms. The van der Waals surface area contributed by atoms with Gasteiger partial charge in [0.05, 0.1) is 0 Å². The summed E-state index contributed by atoms with van der Waals surface area (Å²) in [6.07, 6.45) is 2.37. The van der Waals surface area contributed by atoms with Crippen molar-refractivity contribution in [2.24, 2.45) is 10.9 Å². The molecule has 2 heterocycles. The first-order valence-electron chi connectivity index (χ1n) is 9.87. The van der Waals surface area contributed by atoms with Gasteiger partial charge in [0.25, 0.3) is 5.91 Å². The number of rotatable bonds is 5. The number of urea groups is 1. The molecule has 2 aliphatic heterocycles. The number of hydrogen-bond acceptors (Lipinski definition) is 4. The SMILES string of the molecule is CCNC(=NCCc1cccc(O)c1)N1CCC(C2(C)NC(=O)NC2=O)CC1.I. The zero-order valence-electron chi connectivity index (χ0n) is 16.9. The largest absolute Gasteiger partial charge is 0.508 e. The van der Waals surface area contributed by atoms with Crippen LogP contribution >= 0.6 is 24.0 Å². The Labute approximate surface area is 188 Å². The van der Waals surface area contributed by atoms with Crippen LogP contribution in [0.4, 0.5) is 4.79 Å². The molecular formula is C20H30IN5O3. The molecule has 29 heavy (non-hydrogen) atoms. The third kappa shape index (κ3) is 5.52. The van der Waals surface area contributed by atoms with Crippen molar-refractivity contribution in [3.8, 4) is 5.75 Å². The van der Waals surface area contributed by atoms with Crippen molar-refractivity contribution < 1.29 is 14.7 Å². The number of halogens is 1. The van der Waals surface area contributed by atoms with Crippen molar-refractivity contribution in [3.05, 3.63) is 29.8 Å². The second-order valence-corrected chi connectivity index (χ2v) is 7.53. The lowest BCUT2D eigenvalue weighted by Crippen LogP contribution is -2.55. The maximum Gasteiger partial charge on any atom is 0.322 e. The Kier molecular flexibility index (Phi) is 8.12. The van der Waals surface area contributed by atoms with E-state index in [1.54, 1.807) is 12.1 Å². The summed E-state index contributed by atoms with van der Waals surface area (Å²) in [5, 5.41) is 18.0. The number of benzene rings is 1. The van der Waals surface area contributed by atoms with Crippen molar-refractivity contribution in [3.63, 3.8) is 0 Å². The summed E-state index contributed by atoms with van der Waals surface area (Å²) in [5.74, 6) is 1.01. The number of imide groups is 1. The molecule has 4 N–H and O–H groups in total. The van der Waals surface area contributed by atoms with E-state index in [9.17, 15) is 14.7 Å². The Morgan fingerprint density at radius 1 is 1.34 bits per heavy atom. The number of phenols is 1. The van der Waals surface area contributed by atoms with E-state index in [1.807, 2.05) is 26.0 Å². The van der Waals surface area contributed by atoms with E-state index in [2.05, 4.69) is 20.9 Å². The van der Waals surface area contributed by atoms with Crippen LogP contribution in [0, 0.1) is 5.92 Å². The number of likely N-dealkylation sites (tertiary alicyclic amines) is 1. The highest BCUT2D eigenvalue weighted by atomic mass is 127. The zero-order chi connectivity index (χ0) is 20.1. The highest BCUT2D eigenvalue weighted by Gasteiger charge is 2.48. The number of nitrogens with zero attached hydrogens (tertiary/aromatic N) is 2. The van der Waals surface area contributed by atoms with Crippen LogP contribution < -0.4 is 16.0 Å². The molecule has 0 aromatic heterocycles. The lowest BCUT2D eigenvalue weighted by atomic mass is 9.79. The predicted octanol–water partition coefficient (Wildman–Crippen LogP) is 1.83. The minimum absolute atomic E-state index is 0. The third-order valence-electron chi connectivity index (χ3n) is 5.59. The molecule has 0 saturated carbocycles. The molecule has 2 fully saturated rings. The smallest absolute Gasteiger partial charge is 0.322 e. The van der Waals surface area contributed by atoms with E-state index in [0.717, 1.165) is 50.4 Å². The number of amides is 3. The fourth-order valence-electron chi connectivity index (χ4n) is 3.94. The molecule has 3 amide bonds. The van der Waals surface area contributed by atoms with Gasteiger partial charge < -0.3 is 20.6 Å². The molecular weight excluding hydrogens is 485 g/mol. The van der Waals surface area contributed by atoms with E-state index < -0.39 is 11.6 Å². The second-order valence-electron chi connectivity index (χ2n) is 7.53. The van der Waals surface area contributed by atoms with Crippen molar-refractivity contribution in [1.82, 2.24) is 20.9 Å². The van der Waals surface area contributed by atoms with Gasteiger partial charge in [0.15, 0.2) is 5.96 Å². The van der Waals surface area contributed by atoms with E-state index in [4.69, 9.17) is 4.99 Å². The number of nitrogens with one attached hydrogen (secondary N) is 3. The lowest BCUT2D eigenvalue weighted by molar-refractivity contribution is -0.125. The normalized spacial score (nSPS) is 22.7. The third-order valence-corrected chi connectivity index (χ3v) is 5.59. The van der Waals surface area contributed by atoms with E-state index >= 15 is 0 Å². The van der Waals surface area contributed by atoms with E-state index in [0.29, 0.717) is 6.54 Å². The maximum atomic E-state index is 12.2. The minimum atomic E-state index is -0.825. The number of aliphatic imine (C=N–C) groups is 1. The average Bonchev–Trinajstić information content (AvgIpc) is 2.94. The molecule has 9 heteroatoms. The monoisotopic (exact) mass is 515 g/mol. The summed E-state index contributed by atoms with van der Waals surface area (Å²) in [4.78, 5) is 30.6. The highest BCUT2D eigenvalue weighted by Crippen LogP contribution is 2.30. The first-order valence-corrected chi connectivity index (χ1v) is 9.87. The summed E-state index contributed by atoms with van der Waals surface area (Å²) in [6.45, 7) is 6.81. The highest BCUT2D eigenvalue weighted by molar-refractivity contribution is 14.0. The average molecular weight is 515 g/mol.